The van der Waals surface area contributed by atoms with E-state index < -0.39 is 26.6 Å². The number of phosphoric acid groups is 1. The first-order chi connectivity index (χ1) is 37.9. The third kappa shape index (κ3) is 57.9. The largest absolute Gasteiger partial charge is 0.756 e. The lowest BCUT2D eigenvalue weighted by Gasteiger charge is -2.30. The number of carbonyl (C=O) groups is 2. The number of hydrogen-bond acceptors (Lipinski definition) is 7. The van der Waals surface area contributed by atoms with E-state index in [2.05, 4.69) is 99.0 Å². The van der Waals surface area contributed by atoms with E-state index in [4.69, 9.17) is 13.8 Å². The van der Waals surface area contributed by atoms with E-state index in [1.807, 2.05) is 33.3 Å². The molecular formula is C68H123N2O7P. The lowest BCUT2D eigenvalue weighted by molar-refractivity contribution is -0.870. The average molecular weight is 1110 g/mol. The fraction of sp³-hybridized carbons (Fsp3) is 0.765. The topological polar surface area (TPSA) is 114 Å². The van der Waals surface area contributed by atoms with Crippen LogP contribution in [0.1, 0.15) is 284 Å². The molecule has 10 heteroatoms. The zero-order valence-electron chi connectivity index (χ0n) is 51.6. The van der Waals surface area contributed by atoms with Crippen molar-refractivity contribution in [3.8, 4) is 0 Å². The zero-order valence-corrected chi connectivity index (χ0v) is 52.5. The number of hydrogen-bond donors (Lipinski definition) is 1. The molecule has 0 aromatic heterocycles. The van der Waals surface area contributed by atoms with Crippen molar-refractivity contribution in [2.24, 2.45) is 0 Å². The molecule has 1 amide bonds. The summed E-state index contributed by atoms with van der Waals surface area (Å²) in [6, 6.07) is -0.903. The summed E-state index contributed by atoms with van der Waals surface area (Å²) in [4.78, 5) is 40.1. The van der Waals surface area contributed by atoms with Gasteiger partial charge in [-0.25, -0.2) is 0 Å². The highest BCUT2D eigenvalue weighted by Crippen LogP contribution is 2.38. The Bertz CT molecular complexity index is 1610. The highest BCUT2D eigenvalue weighted by atomic mass is 31.2. The van der Waals surface area contributed by atoms with Crippen LogP contribution >= 0.6 is 7.82 Å². The fourth-order valence-corrected chi connectivity index (χ4v) is 9.80. The Kier molecular flexibility index (Phi) is 55.4. The Balaban J connectivity index is 5.25. The molecule has 0 fully saturated rings. The third-order valence-corrected chi connectivity index (χ3v) is 15.0. The maximum absolute atomic E-state index is 13.5. The second-order valence-electron chi connectivity index (χ2n) is 22.9. The molecule has 452 valence electrons. The molecule has 0 radical (unpaired) electrons. The van der Waals surface area contributed by atoms with Crippen molar-refractivity contribution in [1.29, 1.82) is 0 Å². The standard InChI is InChI=1S/C68H123N2O7P/c1-7-10-13-16-19-22-25-28-30-32-34-35-37-38-40-42-45-48-51-54-57-60-67(71)69-65(64-76-78(73,74)75-63-62-70(4,5)6)66(59-56-53-50-47-44-27-24-21-18-15-12-9-3)77-68(72)61-58-55-52-49-46-43-41-39-36-33-31-29-26-23-20-17-14-11-8-2/h10,13,19,22,28-31,34-35,38,40,56,59,65-66H,7-9,11-12,14-18,20-21,23-27,32-33,36-37,39,41-55,57-58,60-64H2,1-6H3,(H-,69,71,73,74)/b13-10-,22-19-,30-28-,31-29+,35-34-,40-38-,59-56+. The van der Waals surface area contributed by atoms with Gasteiger partial charge in [0.25, 0.3) is 7.82 Å². The summed E-state index contributed by atoms with van der Waals surface area (Å²) in [5, 5.41) is 3.02. The van der Waals surface area contributed by atoms with E-state index in [-0.39, 0.29) is 24.9 Å². The molecule has 0 aliphatic heterocycles. The van der Waals surface area contributed by atoms with Gasteiger partial charge in [-0.05, 0) is 102 Å². The maximum Gasteiger partial charge on any atom is 0.306 e. The van der Waals surface area contributed by atoms with E-state index in [1.54, 1.807) is 0 Å². The van der Waals surface area contributed by atoms with Crippen molar-refractivity contribution in [3.05, 3.63) is 85.1 Å². The van der Waals surface area contributed by atoms with Gasteiger partial charge in [-0.2, -0.15) is 0 Å². The number of nitrogens with one attached hydrogen (secondary N) is 1. The highest BCUT2D eigenvalue weighted by molar-refractivity contribution is 7.45. The summed E-state index contributed by atoms with van der Waals surface area (Å²) in [6.07, 6.45) is 75.5. The predicted octanol–water partition coefficient (Wildman–Crippen LogP) is 19.5. The Morgan fingerprint density at radius 2 is 0.821 bits per heavy atom. The van der Waals surface area contributed by atoms with Crippen molar-refractivity contribution in [1.82, 2.24) is 5.32 Å². The molecule has 0 spiro atoms. The molecule has 0 aromatic carbocycles. The molecule has 0 saturated carbocycles. The monoisotopic (exact) mass is 1110 g/mol. The number of likely N-dealkylation sites (N-methyl/N-ethyl adjacent to an activating group) is 1. The van der Waals surface area contributed by atoms with Crippen LogP contribution in [0.2, 0.25) is 0 Å². The average Bonchev–Trinajstić information content (AvgIpc) is 3.40. The first-order valence-corrected chi connectivity index (χ1v) is 33.9. The lowest BCUT2D eigenvalue weighted by atomic mass is 10.0. The van der Waals surface area contributed by atoms with E-state index in [1.165, 1.54) is 141 Å². The van der Waals surface area contributed by atoms with Gasteiger partial charge in [-0.15, -0.1) is 0 Å². The van der Waals surface area contributed by atoms with Crippen molar-refractivity contribution < 1.29 is 37.3 Å². The predicted molar refractivity (Wildman–Crippen MR) is 335 cm³/mol. The first kappa shape index (κ1) is 75.2. The molecule has 0 aliphatic carbocycles. The minimum atomic E-state index is -4.71. The van der Waals surface area contributed by atoms with Crippen LogP contribution in [0, 0.1) is 0 Å². The lowest BCUT2D eigenvalue weighted by Crippen LogP contribution is -2.47. The van der Waals surface area contributed by atoms with Gasteiger partial charge >= 0.3 is 5.97 Å². The first-order valence-electron chi connectivity index (χ1n) is 32.4. The van der Waals surface area contributed by atoms with Crippen LogP contribution in [0.4, 0.5) is 0 Å². The van der Waals surface area contributed by atoms with Gasteiger partial charge in [0.05, 0.1) is 33.8 Å². The molecule has 0 rings (SSSR count). The minimum absolute atomic E-state index is 0.0297. The Morgan fingerprint density at radius 1 is 0.462 bits per heavy atom. The quantitative estimate of drug-likeness (QED) is 0.0212. The van der Waals surface area contributed by atoms with Gasteiger partial charge < -0.3 is 28.5 Å². The number of amides is 1. The molecule has 0 saturated heterocycles. The Morgan fingerprint density at radius 3 is 1.24 bits per heavy atom. The number of unbranched alkanes of at least 4 members (excludes halogenated alkanes) is 30. The van der Waals surface area contributed by atoms with Gasteiger partial charge in [0.1, 0.15) is 19.3 Å². The van der Waals surface area contributed by atoms with Crippen LogP contribution in [0.5, 0.6) is 0 Å². The van der Waals surface area contributed by atoms with Crippen LogP contribution < -0.4 is 10.2 Å². The number of esters is 1. The van der Waals surface area contributed by atoms with Gasteiger partial charge in [0.15, 0.2) is 0 Å². The van der Waals surface area contributed by atoms with Crippen molar-refractivity contribution in [3.63, 3.8) is 0 Å². The Hall–Kier alpha value is -2.81. The number of ether oxygens (including phenoxy) is 1. The second-order valence-corrected chi connectivity index (χ2v) is 24.3. The summed E-state index contributed by atoms with van der Waals surface area (Å²) in [6.45, 7) is 6.72. The molecule has 3 atom stereocenters. The normalized spacial score (nSPS) is 14.2. The van der Waals surface area contributed by atoms with Crippen molar-refractivity contribution in [2.45, 2.75) is 296 Å². The number of phosphoric ester groups is 1. The molecule has 0 bridgehead atoms. The van der Waals surface area contributed by atoms with Crippen molar-refractivity contribution >= 4 is 19.7 Å². The Labute approximate surface area is 482 Å². The van der Waals surface area contributed by atoms with Crippen LogP contribution in [-0.4, -0.2) is 69.4 Å². The van der Waals surface area contributed by atoms with Crippen molar-refractivity contribution in [2.75, 3.05) is 40.9 Å². The minimum Gasteiger partial charge on any atom is -0.756 e. The molecule has 78 heavy (non-hydrogen) atoms. The smallest absolute Gasteiger partial charge is 0.306 e. The molecule has 9 nitrogen and oxygen atoms in total. The summed E-state index contributed by atoms with van der Waals surface area (Å²) in [7, 11) is 1.16. The summed E-state index contributed by atoms with van der Waals surface area (Å²) in [5.41, 5.74) is 0. The maximum atomic E-state index is 13.5. The third-order valence-electron chi connectivity index (χ3n) is 14.1. The number of carbonyl (C=O) groups excluding carboxylic acids is 2. The highest BCUT2D eigenvalue weighted by Gasteiger charge is 2.27. The molecule has 1 N–H and O–H groups in total. The molecule has 0 aromatic rings. The van der Waals surface area contributed by atoms with E-state index in [0.717, 1.165) is 103 Å². The SMILES string of the molecule is CC/C=C\C/C=C\C/C=C\C/C=C\C/C=C\CCCCCCCC(=O)NC(COP(=O)([O-])OCC[N+](C)(C)C)C(/C=C/CCCCCCCCCCCC)OC(=O)CCCCCCCCCCC/C=C/CCCCCCCC. The molecular weight excluding hydrogens is 988 g/mol. The summed E-state index contributed by atoms with van der Waals surface area (Å²) in [5.74, 6) is -0.563. The van der Waals surface area contributed by atoms with Crippen LogP contribution in [0.3, 0.4) is 0 Å². The van der Waals surface area contributed by atoms with Crippen LogP contribution in [0.25, 0.3) is 0 Å². The molecule has 0 aliphatic rings. The summed E-state index contributed by atoms with van der Waals surface area (Å²) >= 11 is 0. The van der Waals surface area contributed by atoms with Crippen LogP contribution in [-0.2, 0) is 27.9 Å². The molecule has 3 unspecified atom stereocenters. The molecule has 0 heterocycles. The zero-order chi connectivity index (χ0) is 57.2. The number of nitrogens with zero attached hydrogens (tertiary/aromatic N) is 1. The number of allylic oxidation sites excluding steroid dienone is 13. The van der Waals surface area contributed by atoms with Gasteiger partial charge in [0.2, 0.25) is 5.91 Å². The number of quaternary nitrogens is 1. The van der Waals surface area contributed by atoms with E-state index >= 15 is 0 Å². The fourth-order valence-electron chi connectivity index (χ4n) is 9.07. The number of rotatable bonds is 58. The van der Waals surface area contributed by atoms with E-state index in [0.29, 0.717) is 23.9 Å². The van der Waals surface area contributed by atoms with Gasteiger partial charge in [0, 0.05) is 12.8 Å². The van der Waals surface area contributed by atoms with Gasteiger partial charge in [-0.3, -0.25) is 14.2 Å². The van der Waals surface area contributed by atoms with E-state index in [9.17, 15) is 19.0 Å². The van der Waals surface area contributed by atoms with Gasteiger partial charge in [-0.1, -0.05) is 254 Å². The van der Waals surface area contributed by atoms with Crippen LogP contribution in [0.15, 0.2) is 85.1 Å². The summed E-state index contributed by atoms with van der Waals surface area (Å²) < 4.78 is 30.3. The second kappa shape index (κ2) is 57.4.